The summed E-state index contributed by atoms with van der Waals surface area (Å²) >= 11 is 0. The van der Waals surface area contributed by atoms with Crippen LogP contribution in [0.3, 0.4) is 0 Å². The van der Waals surface area contributed by atoms with Gasteiger partial charge >= 0.3 is 0 Å². The largest absolute Gasteiger partial charge is 0.263 e. The minimum Gasteiger partial charge on any atom is -0.263 e. The average molecular weight is 1820 g/mol. The highest BCUT2D eigenvalue weighted by Gasteiger charge is 2.24. The van der Waals surface area contributed by atoms with E-state index in [1.165, 1.54) is 64.6 Å². The zero-order valence-electron chi connectivity index (χ0n) is 77.6. The highest BCUT2D eigenvalue weighted by atomic mass is 15.1. The van der Waals surface area contributed by atoms with Crippen molar-refractivity contribution in [3.8, 4) is 169 Å². The molecule has 12 nitrogen and oxygen atoms in total. The van der Waals surface area contributed by atoms with Crippen molar-refractivity contribution in [3.05, 3.63) is 497 Å². The lowest BCUT2D eigenvalue weighted by atomic mass is 9.90. The molecule has 0 N–H and O–H groups in total. The quantitative estimate of drug-likeness (QED) is 0.0897. The van der Waals surface area contributed by atoms with Gasteiger partial charge in [-0.1, -0.05) is 382 Å². The number of fused-ring (bicyclic) bond motifs is 11. The average Bonchev–Trinajstić information content (AvgIpc) is 0.753. The Hall–Kier alpha value is -19.0. The molecule has 0 atom stereocenters. The van der Waals surface area contributed by atoms with Crippen molar-refractivity contribution in [1.82, 2.24) is 59.8 Å². The van der Waals surface area contributed by atoms with Crippen molar-refractivity contribution >= 4 is 86.3 Å². The van der Waals surface area contributed by atoms with E-state index in [-0.39, 0.29) is 0 Å². The number of aryl methyl sites for hydroxylation is 2. The molecule has 0 aliphatic heterocycles. The van der Waals surface area contributed by atoms with Gasteiger partial charge in [-0.25, -0.2) is 44.9 Å². The number of nitrogens with zero attached hydrogens (tertiary/aromatic N) is 12. The summed E-state index contributed by atoms with van der Waals surface area (Å²) in [5, 5.41) is 17.9. The van der Waals surface area contributed by atoms with Gasteiger partial charge in [0.25, 0.3) is 0 Å². The van der Waals surface area contributed by atoms with Crippen molar-refractivity contribution in [2.75, 3.05) is 0 Å². The van der Waals surface area contributed by atoms with Gasteiger partial charge in [-0.05, 0) is 219 Å². The lowest BCUT2D eigenvalue weighted by molar-refractivity contribution is 1.07. The predicted octanol–water partition coefficient (Wildman–Crippen LogP) is 32.6. The van der Waals surface area contributed by atoms with Gasteiger partial charge in [0.15, 0.2) is 52.4 Å². The Morgan fingerprint density at radius 1 is 0.148 bits per heavy atom. The number of hydrogen-bond donors (Lipinski definition) is 0. The zero-order chi connectivity index (χ0) is 94.8. The van der Waals surface area contributed by atoms with Gasteiger partial charge in [-0.3, -0.25) is 15.0 Å². The Kier molecular flexibility index (Phi) is 22.9. The summed E-state index contributed by atoms with van der Waals surface area (Å²) < 4.78 is 0. The van der Waals surface area contributed by atoms with Gasteiger partial charge < -0.3 is 0 Å². The summed E-state index contributed by atoms with van der Waals surface area (Å²) in [5.74, 6) is 5.67. The molecule has 0 radical (unpaired) electrons. The maximum atomic E-state index is 5.11. The Balaban J connectivity index is 0.000000115. The lowest BCUT2D eigenvalue weighted by Gasteiger charge is -2.15. The second kappa shape index (κ2) is 37.9. The van der Waals surface area contributed by atoms with Crippen LogP contribution in [-0.2, 0) is 0 Å². The predicted molar refractivity (Wildman–Crippen MR) is 584 cm³/mol. The fraction of sp³-hybridized carbons (Fsp3) is 0.0154. The molecule has 0 saturated heterocycles. The Morgan fingerprint density at radius 2 is 0.408 bits per heavy atom. The van der Waals surface area contributed by atoms with Crippen LogP contribution in [-0.4, -0.2) is 59.8 Å². The molecular formula is C130H86N12. The van der Waals surface area contributed by atoms with Crippen molar-refractivity contribution in [2.24, 2.45) is 0 Å². The highest BCUT2D eigenvalue weighted by Crippen LogP contribution is 2.46. The van der Waals surface area contributed by atoms with E-state index in [1.807, 2.05) is 214 Å². The van der Waals surface area contributed by atoms with Gasteiger partial charge in [-0.15, -0.1) is 0 Å². The lowest BCUT2D eigenvalue weighted by Crippen LogP contribution is -2.01. The fourth-order valence-electron chi connectivity index (χ4n) is 19.6. The first-order chi connectivity index (χ1) is 70.2. The van der Waals surface area contributed by atoms with E-state index < -0.39 is 0 Å². The van der Waals surface area contributed by atoms with Crippen LogP contribution in [0.5, 0.6) is 0 Å². The standard InChI is InChI=1S/2C44H28N4.C42H30N4/c1-3-13-29(14-4-1)42-46-43(30-15-5-2-6-16-30)48-44(47-42)35-24-33(23-34(25-35)41-28-45-27-32-18-8-10-20-37(32)41)40-26-31-17-7-9-19-36(31)38-21-11-12-22-39(38)40;1-3-13-30(14-4-1)42-46-43(31-15-5-2-6-16-31)48-44(47-42)35-26-33(37-23-11-18-29-19-12-24-45-41(29)37)25-34(27-35)40-28-32-17-7-8-20-36(32)38-21-9-10-22-39(38)40;1-27-21-22-35(28(2)43-27)32-23-33(39-26-31-17-9-10-18-36(31)37-19-11-12-20-38(37)39)25-34(24-32)42-45-40(29-13-5-3-6-14-29)44-41(46-42)30-15-7-4-8-16-30/h2*1-28H;3-26H,1-2H3. The van der Waals surface area contributed by atoms with Crippen LogP contribution in [0, 0.1) is 13.8 Å². The molecular weight excluding hydrogens is 1730 g/mol. The molecule has 0 unspecified atom stereocenters. The van der Waals surface area contributed by atoms with E-state index in [1.54, 1.807) is 0 Å². The second-order valence-electron chi connectivity index (χ2n) is 35.5. The molecule has 20 aromatic carbocycles. The summed E-state index contributed by atoms with van der Waals surface area (Å²) in [7, 11) is 0. The molecule has 12 heteroatoms. The fourth-order valence-corrected chi connectivity index (χ4v) is 19.6. The van der Waals surface area contributed by atoms with Crippen LogP contribution in [0.4, 0.5) is 0 Å². The number of benzene rings is 20. The normalized spacial score (nSPS) is 11.3. The summed E-state index contributed by atoms with van der Waals surface area (Å²) in [6.07, 6.45) is 5.74. The number of rotatable bonds is 15. The first-order valence-electron chi connectivity index (χ1n) is 47.6. The smallest absolute Gasteiger partial charge is 0.164 e. The maximum absolute atomic E-state index is 5.11. The monoisotopic (exact) mass is 1810 g/mol. The molecule has 6 aromatic heterocycles. The Bertz CT molecular complexity index is 8760. The van der Waals surface area contributed by atoms with Crippen LogP contribution in [0.25, 0.3) is 256 Å². The van der Waals surface area contributed by atoms with Crippen molar-refractivity contribution in [1.29, 1.82) is 0 Å². The van der Waals surface area contributed by atoms with E-state index in [4.69, 9.17) is 54.8 Å². The van der Waals surface area contributed by atoms with Gasteiger partial charge in [0, 0.05) is 108 Å². The van der Waals surface area contributed by atoms with Crippen LogP contribution in [0.1, 0.15) is 11.4 Å². The maximum Gasteiger partial charge on any atom is 0.164 e. The summed E-state index contributed by atoms with van der Waals surface area (Å²) in [6, 6.07) is 162. The van der Waals surface area contributed by atoms with Crippen LogP contribution < -0.4 is 0 Å². The van der Waals surface area contributed by atoms with Crippen LogP contribution in [0.15, 0.2) is 486 Å². The van der Waals surface area contributed by atoms with Gasteiger partial charge in [-0.2, -0.15) is 0 Å². The number of aromatic nitrogens is 12. The van der Waals surface area contributed by atoms with E-state index in [0.29, 0.717) is 52.4 Å². The molecule has 0 aliphatic carbocycles. The third kappa shape index (κ3) is 17.2. The topological polar surface area (TPSA) is 155 Å². The molecule has 0 amide bonds. The molecule has 26 rings (SSSR count). The number of pyridine rings is 3. The molecule has 0 bridgehead atoms. The van der Waals surface area contributed by atoms with Gasteiger partial charge in [0.2, 0.25) is 0 Å². The molecule has 0 spiro atoms. The van der Waals surface area contributed by atoms with Crippen LogP contribution in [0.2, 0.25) is 0 Å². The first-order valence-corrected chi connectivity index (χ1v) is 47.6. The highest BCUT2D eigenvalue weighted by molar-refractivity contribution is 6.17. The number of para-hydroxylation sites is 1. The Morgan fingerprint density at radius 3 is 0.754 bits per heavy atom. The molecule has 0 fully saturated rings. The van der Waals surface area contributed by atoms with Gasteiger partial charge in [0.1, 0.15) is 0 Å². The molecule has 6 heterocycles. The molecule has 26 aromatic rings. The minimum atomic E-state index is 0.615. The first kappa shape index (κ1) is 85.8. The molecule has 0 saturated carbocycles. The molecule has 142 heavy (non-hydrogen) atoms. The van der Waals surface area contributed by atoms with Gasteiger partial charge in [0.05, 0.1) is 5.52 Å². The minimum absolute atomic E-state index is 0.615. The molecule has 666 valence electrons. The zero-order valence-corrected chi connectivity index (χ0v) is 77.6. The third-order valence-corrected chi connectivity index (χ3v) is 26.4. The van der Waals surface area contributed by atoms with E-state index in [2.05, 4.69) is 291 Å². The summed E-state index contributed by atoms with van der Waals surface area (Å²) in [4.78, 5) is 59.7. The van der Waals surface area contributed by atoms with Crippen molar-refractivity contribution < 1.29 is 0 Å². The SMILES string of the molecule is Cc1ccc(-c2cc(-c3nc(-c4ccccc4)nc(-c4ccccc4)n3)cc(-c3cc4ccccc4c4ccccc34)c2)c(C)n1.c1ccc(-c2nc(-c3ccccc3)nc(-c3cc(-c4cc5ccccc5c5ccccc45)cc(-c4cccc5cccnc45)c3)n2)cc1.c1ccc(-c2nc(-c3ccccc3)nc(-c3cc(-c4cncc5ccccc45)cc(-c4cc5ccccc5c5ccccc45)c3)n2)cc1. The van der Waals surface area contributed by atoms with Crippen molar-refractivity contribution in [2.45, 2.75) is 13.8 Å². The van der Waals surface area contributed by atoms with Crippen LogP contribution >= 0.6 is 0 Å². The summed E-state index contributed by atoms with van der Waals surface area (Å²) in [5.41, 5.74) is 24.4. The third-order valence-electron chi connectivity index (χ3n) is 26.4. The van der Waals surface area contributed by atoms with E-state index in [0.717, 1.165) is 150 Å². The Labute approximate surface area is 820 Å². The summed E-state index contributed by atoms with van der Waals surface area (Å²) in [6.45, 7) is 4.10. The van der Waals surface area contributed by atoms with E-state index >= 15 is 0 Å². The van der Waals surface area contributed by atoms with E-state index in [9.17, 15) is 0 Å². The molecule has 0 aliphatic rings. The second-order valence-corrected chi connectivity index (χ2v) is 35.5. The number of hydrogen-bond acceptors (Lipinski definition) is 12. The van der Waals surface area contributed by atoms with Crippen molar-refractivity contribution in [3.63, 3.8) is 0 Å².